The van der Waals surface area contributed by atoms with Crippen molar-refractivity contribution in [3.05, 3.63) is 83.9 Å². The van der Waals surface area contributed by atoms with E-state index in [9.17, 15) is 4.79 Å². The summed E-state index contributed by atoms with van der Waals surface area (Å²) in [5, 5.41) is 5.94. The summed E-state index contributed by atoms with van der Waals surface area (Å²) in [6.45, 7) is 1.88. The lowest BCUT2D eigenvalue weighted by molar-refractivity contribution is 0.0977. The van der Waals surface area contributed by atoms with Crippen LogP contribution in [0, 0.1) is 6.92 Å². The maximum absolute atomic E-state index is 12.4. The van der Waals surface area contributed by atoms with Gasteiger partial charge < -0.3 is 9.73 Å². The normalized spacial score (nSPS) is 10.6. The summed E-state index contributed by atoms with van der Waals surface area (Å²) < 4.78 is 5.81. The molecule has 2 N–H and O–H groups in total. The van der Waals surface area contributed by atoms with Gasteiger partial charge in [0.2, 0.25) is 5.89 Å². The number of anilines is 1. The highest BCUT2D eigenvalue weighted by Crippen LogP contribution is 2.26. The molecule has 1 heterocycles. The highest BCUT2D eigenvalue weighted by Gasteiger charge is 2.12. The fraction of sp³-hybridized carbons (Fsp3) is 0.0455. The van der Waals surface area contributed by atoms with E-state index in [-0.39, 0.29) is 11.0 Å². The van der Waals surface area contributed by atoms with Crippen molar-refractivity contribution in [1.29, 1.82) is 0 Å². The van der Waals surface area contributed by atoms with E-state index in [1.807, 2.05) is 73.7 Å². The van der Waals surface area contributed by atoms with Crippen molar-refractivity contribution >= 4 is 40.0 Å². The van der Waals surface area contributed by atoms with Crippen molar-refractivity contribution in [2.45, 2.75) is 6.92 Å². The number of benzene rings is 3. The molecule has 0 unspecified atom stereocenters. The maximum Gasteiger partial charge on any atom is 0.257 e. The van der Waals surface area contributed by atoms with Gasteiger partial charge in [0, 0.05) is 16.8 Å². The first-order valence-corrected chi connectivity index (χ1v) is 9.15. The number of oxazole rings is 1. The molecule has 1 amide bonds. The van der Waals surface area contributed by atoms with Crippen molar-refractivity contribution in [1.82, 2.24) is 10.3 Å². The molecule has 0 saturated carbocycles. The highest BCUT2D eigenvalue weighted by molar-refractivity contribution is 7.80. The van der Waals surface area contributed by atoms with Crippen molar-refractivity contribution in [2.75, 3.05) is 5.32 Å². The molecule has 0 aliphatic carbocycles. The van der Waals surface area contributed by atoms with E-state index >= 15 is 0 Å². The molecule has 4 rings (SSSR count). The van der Waals surface area contributed by atoms with Crippen LogP contribution in [-0.2, 0) is 0 Å². The lowest BCUT2D eigenvalue weighted by Crippen LogP contribution is -2.34. The van der Waals surface area contributed by atoms with Crippen LogP contribution in [0.25, 0.3) is 22.6 Å². The molecule has 0 radical (unpaired) electrons. The fourth-order valence-corrected chi connectivity index (χ4v) is 3.08. The number of aryl methyl sites for hydroxylation is 1. The number of aromatic nitrogens is 1. The van der Waals surface area contributed by atoms with Gasteiger partial charge in [0.15, 0.2) is 10.7 Å². The summed E-state index contributed by atoms with van der Waals surface area (Å²) in [4.78, 5) is 16.9. The van der Waals surface area contributed by atoms with Gasteiger partial charge in [0.05, 0.1) is 0 Å². The largest absolute Gasteiger partial charge is 0.436 e. The van der Waals surface area contributed by atoms with Gasteiger partial charge in [-0.15, -0.1) is 0 Å². The number of fused-ring (bicyclic) bond motifs is 1. The third-order valence-corrected chi connectivity index (χ3v) is 4.49. The van der Waals surface area contributed by atoms with Gasteiger partial charge in [-0.3, -0.25) is 10.1 Å². The number of nitrogens with one attached hydrogen (secondary N) is 2. The molecule has 1 aromatic heterocycles. The van der Waals surface area contributed by atoms with Crippen molar-refractivity contribution in [3.8, 4) is 11.5 Å². The average Bonchev–Trinajstić information content (AvgIpc) is 3.12. The second-order valence-corrected chi connectivity index (χ2v) is 6.70. The fourth-order valence-electron chi connectivity index (χ4n) is 2.87. The van der Waals surface area contributed by atoms with Gasteiger partial charge in [-0.25, -0.2) is 4.98 Å². The molecule has 0 aliphatic rings. The second-order valence-electron chi connectivity index (χ2n) is 6.29. The Hall–Kier alpha value is -3.51. The molecule has 0 aliphatic heterocycles. The zero-order chi connectivity index (χ0) is 19.5. The monoisotopic (exact) mass is 387 g/mol. The molecule has 6 heteroatoms. The summed E-state index contributed by atoms with van der Waals surface area (Å²) in [5.41, 5.74) is 4.49. The SMILES string of the molecule is Cc1ccccc1C(=O)NC(=S)Nc1ccc2oc(-c3ccccc3)nc2c1. The van der Waals surface area contributed by atoms with Crippen LogP contribution in [-0.4, -0.2) is 16.0 Å². The first kappa shape index (κ1) is 17.9. The summed E-state index contributed by atoms with van der Waals surface area (Å²) >= 11 is 5.27. The Morgan fingerprint density at radius 2 is 1.75 bits per heavy atom. The Balaban J connectivity index is 1.49. The van der Waals surface area contributed by atoms with E-state index in [0.717, 1.165) is 16.8 Å². The number of hydrogen-bond donors (Lipinski definition) is 2. The molecule has 0 fully saturated rings. The molecule has 3 aromatic carbocycles. The maximum atomic E-state index is 12.4. The Morgan fingerprint density at radius 1 is 1.00 bits per heavy atom. The molecule has 28 heavy (non-hydrogen) atoms. The van der Waals surface area contributed by atoms with Crippen LogP contribution < -0.4 is 10.6 Å². The second kappa shape index (κ2) is 7.62. The Bertz CT molecular complexity index is 1170. The predicted molar refractivity (Wildman–Crippen MR) is 114 cm³/mol. The molecular weight excluding hydrogens is 370 g/mol. The quantitative estimate of drug-likeness (QED) is 0.488. The lowest BCUT2D eigenvalue weighted by atomic mass is 10.1. The van der Waals surface area contributed by atoms with Crippen LogP contribution in [0.2, 0.25) is 0 Å². The van der Waals surface area contributed by atoms with Crippen LogP contribution in [0.3, 0.4) is 0 Å². The number of thiocarbonyl (C=S) groups is 1. The Morgan fingerprint density at radius 3 is 2.54 bits per heavy atom. The van der Waals surface area contributed by atoms with Crippen molar-refractivity contribution in [2.24, 2.45) is 0 Å². The molecule has 138 valence electrons. The van der Waals surface area contributed by atoms with Crippen LogP contribution in [0.4, 0.5) is 5.69 Å². The molecule has 0 saturated heterocycles. The summed E-state index contributed by atoms with van der Waals surface area (Å²) in [5.74, 6) is 0.313. The number of carbonyl (C=O) groups is 1. The van der Waals surface area contributed by atoms with E-state index in [1.54, 1.807) is 6.07 Å². The average molecular weight is 387 g/mol. The number of amides is 1. The van der Waals surface area contributed by atoms with Crippen molar-refractivity contribution < 1.29 is 9.21 Å². The predicted octanol–water partition coefficient (Wildman–Crippen LogP) is 4.93. The smallest absolute Gasteiger partial charge is 0.257 e. The minimum Gasteiger partial charge on any atom is -0.436 e. The summed E-state index contributed by atoms with van der Waals surface area (Å²) in [7, 11) is 0. The van der Waals surface area contributed by atoms with Crippen LogP contribution in [0.5, 0.6) is 0 Å². The number of carbonyl (C=O) groups excluding carboxylic acids is 1. The van der Waals surface area contributed by atoms with E-state index in [1.165, 1.54) is 0 Å². The topological polar surface area (TPSA) is 67.2 Å². The molecule has 5 nitrogen and oxygen atoms in total. The van der Waals surface area contributed by atoms with Crippen LogP contribution >= 0.6 is 12.2 Å². The van der Waals surface area contributed by atoms with Gasteiger partial charge >= 0.3 is 0 Å². The zero-order valence-electron chi connectivity index (χ0n) is 15.1. The van der Waals surface area contributed by atoms with E-state index in [4.69, 9.17) is 16.6 Å². The third-order valence-electron chi connectivity index (χ3n) is 4.28. The number of rotatable bonds is 3. The first-order valence-electron chi connectivity index (χ1n) is 8.74. The Labute approximate surface area is 167 Å². The van der Waals surface area contributed by atoms with Gasteiger partial charge in [0.25, 0.3) is 5.91 Å². The highest BCUT2D eigenvalue weighted by atomic mass is 32.1. The minimum atomic E-state index is -0.246. The third kappa shape index (κ3) is 3.77. The van der Waals surface area contributed by atoms with E-state index in [0.29, 0.717) is 22.6 Å². The van der Waals surface area contributed by atoms with Crippen LogP contribution in [0.15, 0.2) is 77.2 Å². The van der Waals surface area contributed by atoms with E-state index in [2.05, 4.69) is 15.6 Å². The number of nitrogens with zero attached hydrogens (tertiary/aromatic N) is 1. The Kier molecular flexibility index (Phi) is 4.87. The molecule has 0 bridgehead atoms. The molecule has 0 atom stereocenters. The van der Waals surface area contributed by atoms with Gasteiger partial charge in [0.1, 0.15) is 5.52 Å². The minimum absolute atomic E-state index is 0.222. The lowest BCUT2D eigenvalue weighted by Gasteiger charge is -2.10. The first-order chi connectivity index (χ1) is 13.6. The van der Waals surface area contributed by atoms with Crippen molar-refractivity contribution in [3.63, 3.8) is 0 Å². The van der Waals surface area contributed by atoms with Gasteiger partial charge in [-0.2, -0.15) is 0 Å². The van der Waals surface area contributed by atoms with E-state index < -0.39 is 0 Å². The van der Waals surface area contributed by atoms with Gasteiger partial charge in [-0.1, -0.05) is 36.4 Å². The summed E-state index contributed by atoms with van der Waals surface area (Å²) in [6.07, 6.45) is 0. The molecular formula is C22H17N3O2S. The van der Waals surface area contributed by atoms with Gasteiger partial charge in [-0.05, 0) is 61.1 Å². The molecule has 4 aromatic rings. The van der Waals surface area contributed by atoms with Crippen LogP contribution in [0.1, 0.15) is 15.9 Å². The summed E-state index contributed by atoms with van der Waals surface area (Å²) in [6, 6.07) is 22.5. The zero-order valence-corrected chi connectivity index (χ0v) is 15.9. The molecule has 0 spiro atoms. The standard InChI is InChI=1S/C22H17N3O2S/c1-14-7-5-6-10-17(14)20(26)25-22(28)23-16-11-12-19-18(13-16)24-21(27-19)15-8-3-2-4-9-15/h2-13H,1H3,(H2,23,25,26,28). The number of hydrogen-bond acceptors (Lipinski definition) is 4.